The molecule has 1 aliphatic rings. The molecule has 1 saturated heterocycles. The monoisotopic (exact) mass is 366 g/mol. The second kappa shape index (κ2) is 10.1. The van der Waals surface area contributed by atoms with Crippen molar-refractivity contribution in [3.8, 4) is 11.5 Å². The van der Waals surface area contributed by atoms with E-state index in [1.165, 1.54) is 5.56 Å². The highest BCUT2D eigenvalue weighted by molar-refractivity contribution is 5.44. The van der Waals surface area contributed by atoms with E-state index in [9.17, 15) is 0 Å². The van der Waals surface area contributed by atoms with E-state index in [1.807, 2.05) is 30.3 Å². The summed E-state index contributed by atoms with van der Waals surface area (Å²) in [4.78, 5) is 2.55. The molecular weight excluding hydrogens is 336 g/mol. The van der Waals surface area contributed by atoms with Gasteiger partial charge in [0.2, 0.25) is 0 Å². The highest BCUT2D eigenvalue weighted by Crippen LogP contribution is 2.34. The number of hydrogen-bond donors (Lipinski definition) is 1. The molecule has 0 radical (unpaired) electrons. The maximum absolute atomic E-state index is 6.01. The van der Waals surface area contributed by atoms with Crippen LogP contribution in [0.5, 0.6) is 11.5 Å². The molecule has 0 aliphatic carbocycles. The first-order chi connectivity index (χ1) is 13.3. The fraction of sp³-hybridized carbons (Fsp3) is 0.391. The maximum atomic E-state index is 6.01. The molecule has 4 heteroatoms. The van der Waals surface area contributed by atoms with Gasteiger partial charge in [0.1, 0.15) is 6.61 Å². The van der Waals surface area contributed by atoms with Gasteiger partial charge in [0.15, 0.2) is 11.5 Å². The number of nitrogens with zero attached hydrogens (tertiary/aromatic N) is 1. The number of piperazine rings is 1. The molecule has 0 spiro atoms. The standard InChI is InChI=1S/C23H30N2O2/c1-3-4-10-21(25-15-13-24-14-16-25)20-11-12-22(23(17-20)26-2)27-18-19-8-6-5-7-9-19/h3,5-9,11-12,17,21,24H,1,4,10,13-16,18H2,2H3/t21-/m0/s1. The molecule has 1 N–H and O–H groups in total. The third-order valence-corrected chi connectivity index (χ3v) is 5.05. The Kier molecular flexibility index (Phi) is 7.31. The van der Waals surface area contributed by atoms with E-state index in [0.717, 1.165) is 56.1 Å². The van der Waals surface area contributed by atoms with E-state index in [2.05, 4.69) is 41.1 Å². The van der Waals surface area contributed by atoms with Crippen LogP contribution in [0.25, 0.3) is 0 Å². The van der Waals surface area contributed by atoms with Crippen LogP contribution < -0.4 is 14.8 Å². The Morgan fingerprint density at radius 2 is 1.89 bits per heavy atom. The van der Waals surface area contributed by atoms with Gasteiger partial charge in [-0.3, -0.25) is 4.90 Å². The lowest BCUT2D eigenvalue weighted by Crippen LogP contribution is -2.45. The third kappa shape index (κ3) is 5.34. The van der Waals surface area contributed by atoms with Crippen LogP contribution in [0, 0.1) is 0 Å². The molecule has 27 heavy (non-hydrogen) atoms. The fourth-order valence-electron chi connectivity index (χ4n) is 3.58. The maximum Gasteiger partial charge on any atom is 0.161 e. The Morgan fingerprint density at radius 1 is 1.11 bits per heavy atom. The number of ether oxygens (including phenoxy) is 2. The first kappa shape index (κ1) is 19.5. The predicted octanol–water partition coefficient (Wildman–Crippen LogP) is 4.19. The minimum atomic E-state index is 0.377. The van der Waals surface area contributed by atoms with Crippen molar-refractivity contribution in [1.82, 2.24) is 10.2 Å². The summed E-state index contributed by atoms with van der Waals surface area (Å²) in [5.74, 6) is 1.58. The lowest BCUT2D eigenvalue weighted by Gasteiger charge is -2.35. The zero-order valence-electron chi connectivity index (χ0n) is 16.2. The van der Waals surface area contributed by atoms with Crippen LogP contribution in [0.4, 0.5) is 0 Å². The van der Waals surface area contributed by atoms with Crippen LogP contribution in [-0.4, -0.2) is 38.2 Å². The van der Waals surface area contributed by atoms with Gasteiger partial charge in [-0.25, -0.2) is 0 Å². The van der Waals surface area contributed by atoms with Crippen LogP contribution in [0.1, 0.15) is 30.0 Å². The Labute approximate surface area is 162 Å². The van der Waals surface area contributed by atoms with Gasteiger partial charge >= 0.3 is 0 Å². The Bertz CT molecular complexity index is 712. The number of nitrogens with one attached hydrogen (secondary N) is 1. The molecular formula is C23H30N2O2. The first-order valence-electron chi connectivity index (χ1n) is 9.72. The molecule has 4 nitrogen and oxygen atoms in total. The van der Waals surface area contributed by atoms with Crippen LogP contribution in [0.3, 0.4) is 0 Å². The quantitative estimate of drug-likeness (QED) is 0.675. The molecule has 0 amide bonds. The minimum absolute atomic E-state index is 0.377. The van der Waals surface area contributed by atoms with E-state index in [-0.39, 0.29) is 0 Å². The van der Waals surface area contributed by atoms with Gasteiger partial charge in [-0.15, -0.1) is 6.58 Å². The number of rotatable bonds is 9. The van der Waals surface area contributed by atoms with Crippen LogP contribution in [0.15, 0.2) is 61.2 Å². The van der Waals surface area contributed by atoms with Crippen molar-refractivity contribution in [2.45, 2.75) is 25.5 Å². The van der Waals surface area contributed by atoms with Gasteiger partial charge in [-0.05, 0) is 36.1 Å². The van der Waals surface area contributed by atoms with Gasteiger partial charge in [-0.2, -0.15) is 0 Å². The van der Waals surface area contributed by atoms with Gasteiger partial charge in [-0.1, -0.05) is 42.5 Å². The minimum Gasteiger partial charge on any atom is -0.493 e. The number of benzene rings is 2. The number of allylic oxidation sites excluding steroid dienone is 1. The zero-order chi connectivity index (χ0) is 18.9. The van der Waals surface area contributed by atoms with Crippen LogP contribution >= 0.6 is 0 Å². The van der Waals surface area contributed by atoms with E-state index in [4.69, 9.17) is 9.47 Å². The van der Waals surface area contributed by atoms with Crippen molar-refractivity contribution >= 4 is 0 Å². The molecule has 1 heterocycles. The van der Waals surface area contributed by atoms with E-state index in [1.54, 1.807) is 7.11 Å². The van der Waals surface area contributed by atoms with E-state index in [0.29, 0.717) is 12.6 Å². The normalized spacial score (nSPS) is 15.9. The lowest BCUT2D eigenvalue weighted by atomic mass is 9.99. The highest BCUT2D eigenvalue weighted by Gasteiger charge is 2.22. The largest absolute Gasteiger partial charge is 0.493 e. The highest BCUT2D eigenvalue weighted by atomic mass is 16.5. The smallest absolute Gasteiger partial charge is 0.161 e. The molecule has 2 aromatic rings. The number of hydrogen-bond acceptors (Lipinski definition) is 4. The van der Waals surface area contributed by atoms with Crippen molar-refractivity contribution in [3.63, 3.8) is 0 Å². The summed E-state index contributed by atoms with van der Waals surface area (Å²) in [5.41, 5.74) is 2.43. The second-order valence-electron chi connectivity index (χ2n) is 6.85. The molecule has 1 atom stereocenters. The van der Waals surface area contributed by atoms with Crippen molar-refractivity contribution < 1.29 is 9.47 Å². The predicted molar refractivity (Wildman–Crippen MR) is 110 cm³/mol. The summed E-state index contributed by atoms with van der Waals surface area (Å²) in [6.07, 6.45) is 4.07. The molecule has 0 aromatic heterocycles. The molecule has 0 bridgehead atoms. The summed E-state index contributed by atoms with van der Waals surface area (Å²) < 4.78 is 11.7. The van der Waals surface area contributed by atoms with Crippen molar-refractivity contribution in [3.05, 3.63) is 72.3 Å². The van der Waals surface area contributed by atoms with Crippen LogP contribution in [0.2, 0.25) is 0 Å². The summed E-state index contributed by atoms with van der Waals surface area (Å²) in [5, 5.41) is 3.43. The van der Waals surface area contributed by atoms with Gasteiger partial charge in [0.25, 0.3) is 0 Å². The van der Waals surface area contributed by atoms with Gasteiger partial charge in [0.05, 0.1) is 7.11 Å². The Balaban J connectivity index is 1.76. The van der Waals surface area contributed by atoms with E-state index >= 15 is 0 Å². The second-order valence-corrected chi connectivity index (χ2v) is 6.85. The average Bonchev–Trinajstić information content (AvgIpc) is 2.74. The zero-order valence-corrected chi connectivity index (χ0v) is 16.2. The first-order valence-corrected chi connectivity index (χ1v) is 9.72. The van der Waals surface area contributed by atoms with Gasteiger partial charge < -0.3 is 14.8 Å². The Morgan fingerprint density at radius 3 is 2.59 bits per heavy atom. The summed E-state index contributed by atoms with van der Waals surface area (Å²) in [6, 6.07) is 16.9. The summed E-state index contributed by atoms with van der Waals surface area (Å²) in [7, 11) is 1.71. The molecule has 2 aromatic carbocycles. The molecule has 0 saturated carbocycles. The SMILES string of the molecule is C=CCC[C@@H](c1ccc(OCc2ccccc2)c(OC)c1)N1CCNCC1. The van der Waals surface area contributed by atoms with Crippen molar-refractivity contribution in [2.24, 2.45) is 0 Å². The summed E-state index contributed by atoms with van der Waals surface area (Å²) in [6.45, 7) is 8.65. The van der Waals surface area contributed by atoms with Crippen molar-refractivity contribution in [2.75, 3.05) is 33.3 Å². The molecule has 1 fully saturated rings. The van der Waals surface area contributed by atoms with Gasteiger partial charge in [0, 0.05) is 32.2 Å². The lowest BCUT2D eigenvalue weighted by molar-refractivity contribution is 0.165. The molecule has 144 valence electrons. The fourth-order valence-corrected chi connectivity index (χ4v) is 3.58. The molecule has 1 aliphatic heterocycles. The van der Waals surface area contributed by atoms with Crippen molar-refractivity contribution in [1.29, 1.82) is 0 Å². The topological polar surface area (TPSA) is 33.7 Å². The Hall–Kier alpha value is -2.30. The van der Waals surface area contributed by atoms with Crippen LogP contribution in [-0.2, 0) is 6.61 Å². The molecule has 3 rings (SSSR count). The molecule has 0 unspecified atom stereocenters. The van der Waals surface area contributed by atoms with E-state index < -0.39 is 0 Å². The summed E-state index contributed by atoms with van der Waals surface area (Å²) >= 11 is 0. The third-order valence-electron chi connectivity index (χ3n) is 5.05. The average molecular weight is 367 g/mol. The number of methoxy groups -OCH3 is 1.